The van der Waals surface area contributed by atoms with Crippen LogP contribution in [-0.2, 0) is 4.74 Å². The van der Waals surface area contributed by atoms with Gasteiger partial charge in [-0.15, -0.1) is 0 Å². The zero-order chi connectivity index (χ0) is 13.8. The van der Waals surface area contributed by atoms with E-state index in [0.29, 0.717) is 6.54 Å². The minimum atomic E-state index is -0.591. The van der Waals surface area contributed by atoms with Gasteiger partial charge < -0.3 is 21.1 Å². The zero-order valence-electron chi connectivity index (χ0n) is 10.5. The molecule has 9 nitrogen and oxygen atoms in total. The molecule has 0 aromatic carbocycles. The molecule has 2 rings (SSSR count). The molecule has 0 bridgehead atoms. The highest BCUT2D eigenvalue weighted by atomic mass is 16.6. The molecule has 1 aromatic rings. The van der Waals surface area contributed by atoms with Gasteiger partial charge in [0, 0.05) is 20.2 Å². The molecule has 1 aliphatic heterocycles. The van der Waals surface area contributed by atoms with Crippen LogP contribution in [0.1, 0.15) is 12.8 Å². The quantitative estimate of drug-likeness (QED) is 0.523. The predicted octanol–water partition coefficient (Wildman–Crippen LogP) is 0.600. The normalized spacial score (nSPS) is 18.3. The second-order valence-corrected chi connectivity index (χ2v) is 4.15. The number of aromatic nitrogens is 2. The maximum Gasteiger partial charge on any atom is 0.353 e. The van der Waals surface area contributed by atoms with Crippen molar-refractivity contribution in [2.24, 2.45) is 0 Å². The monoisotopic (exact) mass is 268 g/mol. The van der Waals surface area contributed by atoms with Crippen LogP contribution in [0.4, 0.5) is 23.3 Å². The Morgan fingerprint density at radius 2 is 2.37 bits per heavy atom. The molecule has 104 valence electrons. The molecule has 0 amide bonds. The summed E-state index contributed by atoms with van der Waals surface area (Å²) < 4.78 is 5.44. The highest BCUT2D eigenvalue weighted by Crippen LogP contribution is 2.29. The van der Waals surface area contributed by atoms with Gasteiger partial charge in [0.05, 0.1) is 11.0 Å². The highest BCUT2D eigenvalue weighted by Gasteiger charge is 2.24. The Morgan fingerprint density at radius 1 is 1.58 bits per heavy atom. The third kappa shape index (κ3) is 2.99. The molecule has 2 heterocycles. The number of ether oxygens (including phenoxy) is 1. The van der Waals surface area contributed by atoms with Crippen LogP contribution >= 0.6 is 0 Å². The average molecular weight is 268 g/mol. The number of anilines is 3. The minimum Gasteiger partial charge on any atom is -0.378 e. The number of hydrogen-bond donors (Lipinski definition) is 3. The molecular formula is C10H16N6O3. The number of nitrogens with two attached hydrogens (primary N) is 1. The van der Waals surface area contributed by atoms with E-state index in [2.05, 4.69) is 20.6 Å². The van der Waals surface area contributed by atoms with Crippen molar-refractivity contribution in [1.29, 1.82) is 0 Å². The standard InChI is InChI=1S/C10H16N6O3/c1-12-10-14-8(11)7(16(17)18)9(15-10)13-5-6-3-2-4-19-6/h6H,2-5H2,1H3,(H4,11,12,13,14,15)/t6-/m0/s1. The van der Waals surface area contributed by atoms with Crippen LogP contribution in [0.2, 0.25) is 0 Å². The minimum absolute atomic E-state index is 0.0498. The van der Waals surface area contributed by atoms with Gasteiger partial charge in [-0.3, -0.25) is 10.1 Å². The van der Waals surface area contributed by atoms with Crippen molar-refractivity contribution in [3.63, 3.8) is 0 Å². The summed E-state index contributed by atoms with van der Waals surface area (Å²) in [4.78, 5) is 18.2. The Hall–Kier alpha value is -2.16. The van der Waals surface area contributed by atoms with Crippen molar-refractivity contribution in [2.45, 2.75) is 18.9 Å². The maximum absolute atomic E-state index is 11.0. The average Bonchev–Trinajstić information content (AvgIpc) is 2.88. The zero-order valence-corrected chi connectivity index (χ0v) is 10.5. The Morgan fingerprint density at radius 3 is 2.95 bits per heavy atom. The van der Waals surface area contributed by atoms with Gasteiger partial charge in [-0.1, -0.05) is 0 Å². The molecule has 0 radical (unpaired) electrons. The molecule has 1 saturated heterocycles. The van der Waals surface area contributed by atoms with E-state index < -0.39 is 4.92 Å². The Bertz CT molecular complexity index is 475. The molecule has 4 N–H and O–H groups in total. The maximum atomic E-state index is 11.0. The molecule has 1 aliphatic rings. The third-order valence-corrected chi connectivity index (χ3v) is 2.84. The van der Waals surface area contributed by atoms with Crippen molar-refractivity contribution in [3.8, 4) is 0 Å². The molecule has 0 unspecified atom stereocenters. The van der Waals surface area contributed by atoms with Gasteiger partial charge >= 0.3 is 5.69 Å². The highest BCUT2D eigenvalue weighted by molar-refractivity contribution is 5.69. The number of rotatable bonds is 5. The lowest BCUT2D eigenvalue weighted by molar-refractivity contribution is -0.383. The summed E-state index contributed by atoms with van der Waals surface area (Å²) >= 11 is 0. The van der Waals surface area contributed by atoms with Crippen molar-refractivity contribution >= 4 is 23.3 Å². The number of nitrogens with one attached hydrogen (secondary N) is 2. The lowest BCUT2D eigenvalue weighted by Gasteiger charge is -2.12. The second-order valence-electron chi connectivity index (χ2n) is 4.15. The molecule has 19 heavy (non-hydrogen) atoms. The van der Waals surface area contributed by atoms with Crippen LogP contribution in [0.3, 0.4) is 0 Å². The number of nitro groups is 1. The van der Waals surface area contributed by atoms with E-state index in [1.807, 2.05) is 0 Å². The third-order valence-electron chi connectivity index (χ3n) is 2.84. The Balaban J connectivity index is 2.20. The smallest absolute Gasteiger partial charge is 0.353 e. The van der Waals surface area contributed by atoms with Crippen molar-refractivity contribution < 1.29 is 9.66 Å². The molecule has 1 aromatic heterocycles. The number of nitrogen functional groups attached to an aromatic ring is 1. The molecular weight excluding hydrogens is 252 g/mol. The van der Waals surface area contributed by atoms with Gasteiger partial charge in [0.1, 0.15) is 0 Å². The van der Waals surface area contributed by atoms with Gasteiger partial charge in [0.2, 0.25) is 17.6 Å². The van der Waals surface area contributed by atoms with Crippen molar-refractivity contribution in [1.82, 2.24) is 9.97 Å². The number of nitrogens with zero attached hydrogens (tertiary/aromatic N) is 3. The van der Waals surface area contributed by atoms with Gasteiger partial charge in [-0.2, -0.15) is 9.97 Å². The summed E-state index contributed by atoms with van der Waals surface area (Å²) in [6.45, 7) is 1.18. The first kappa shape index (κ1) is 13.3. The van der Waals surface area contributed by atoms with Crippen LogP contribution in [-0.4, -0.2) is 41.2 Å². The van der Waals surface area contributed by atoms with Crippen LogP contribution < -0.4 is 16.4 Å². The lowest BCUT2D eigenvalue weighted by atomic mass is 10.2. The summed E-state index contributed by atoms with van der Waals surface area (Å²) in [5.41, 5.74) is 5.27. The summed E-state index contributed by atoms with van der Waals surface area (Å²) in [5.74, 6) is 0.175. The predicted molar refractivity (Wildman–Crippen MR) is 70.1 cm³/mol. The number of hydrogen-bond acceptors (Lipinski definition) is 8. The van der Waals surface area contributed by atoms with E-state index in [9.17, 15) is 10.1 Å². The topological polar surface area (TPSA) is 128 Å². The van der Waals surface area contributed by atoms with E-state index in [1.165, 1.54) is 0 Å². The van der Waals surface area contributed by atoms with Gasteiger partial charge in [0.25, 0.3) is 0 Å². The molecule has 9 heteroatoms. The lowest BCUT2D eigenvalue weighted by Crippen LogP contribution is -2.20. The Labute approximate surface area is 109 Å². The molecule has 1 atom stereocenters. The fraction of sp³-hybridized carbons (Fsp3) is 0.600. The van der Waals surface area contributed by atoms with Crippen LogP contribution in [0, 0.1) is 10.1 Å². The summed E-state index contributed by atoms with van der Waals surface area (Å²) in [7, 11) is 1.62. The first-order valence-corrected chi connectivity index (χ1v) is 5.97. The Kier molecular flexibility index (Phi) is 3.95. The van der Waals surface area contributed by atoms with E-state index in [4.69, 9.17) is 10.5 Å². The van der Waals surface area contributed by atoms with E-state index in [0.717, 1.165) is 19.4 Å². The first-order valence-electron chi connectivity index (χ1n) is 5.97. The largest absolute Gasteiger partial charge is 0.378 e. The second kappa shape index (κ2) is 5.65. The summed E-state index contributed by atoms with van der Waals surface area (Å²) in [5, 5.41) is 16.6. The molecule has 0 spiro atoms. The molecule has 0 saturated carbocycles. The van der Waals surface area contributed by atoms with Gasteiger partial charge in [0.15, 0.2) is 0 Å². The van der Waals surface area contributed by atoms with E-state index in [-0.39, 0.29) is 29.4 Å². The molecule has 1 fully saturated rings. The van der Waals surface area contributed by atoms with Crippen LogP contribution in [0.15, 0.2) is 0 Å². The molecule has 0 aliphatic carbocycles. The van der Waals surface area contributed by atoms with Crippen molar-refractivity contribution in [2.75, 3.05) is 36.6 Å². The van der Waals surface area contributed by atoms with E-state index in [1.54, 1.807) is 7.05 Å². The summed E-state index contributed by atoms with van der Waals surface area (Å²) in [6.07, 6.45) is 1.98. The van der Waals surface area contributed by atoms with Gasteiger partial charge in [-0.05, 0) is 12.8 Å². The fourth-order valence-electron chi connectivity index (χ4n) is 1.90. The SMILES string of the molecule is CNc1nc(N)c([N+](=O)[O-])c(NC[C@@H]2CCCO2)n1. The van der Waals surface area contributed by atoms with Crippen LogP contribution in [0.25, 0.3) is 0 Å². The fourth-order valence-corrected chi connectivity index (χ4v) is 1.90. The van der Waals surface area contributed by atoms with Gasteiger partial charge in [-0.25, -0.2) is 0 Å². The first-order chi connectivity index (χ1) is 9.11. The van der Waals surface area contributed by atoms with Crippen molar-refractivity contribution in [3.05, 3.63) is 10.1 Å². The van der Waals surface area contributed by atoms with Crippen LogP contribution in [0.5, 0.6) is 0 Å². The summed E-state index contributed by atoms with van der Waals surface area (Å²) in [6, 6.07) is 0. The van der Waals surface area contributed by atoms with E-state index >= 15 is 0 Å².